The van der Waals surface area contributed by atoms with Crippen LogP contribution in [0.4, 0.5) is 0 Å². The molecule has 0 amide bonds. The van der Waals surface area contributed by atoms with Crippen molar-refractivity contribution in [1.82, 2.24) is 0 Å². The molecular weight excluding hydrogens is 146 g/mol. The molecule has 2 saturated carbocycles. The Balaban J connectivity index is 2.05. The largest absolute Gasteiger partial charge is 0.328 e. The van der Waals surface area contributed by atoms with Gasteiger partial charge in [0, 0.05) is 6.04 Å². The van der Waals surface area contributed by atoms with Gasteiger partial charge < -0.3 is 5.73 Å². The lowest BCUT2D eigenvalue weighted by Gasteiger charge is -2.42. The fourth-order valence-corrected chi connectivity index (χ4v) is 3.36. The highest BCUT2D eigenvalue weighted by atomic mass is 14.7. The normalized spacial score (nSPS) is 40.5. The lowest BCUT2D eigenvalue weighted by Crippen LogP contribution is -2.38. The Labute approximate surface area is 75.7 Å². The minimum absolute atomic E-state index is 0.506. The summed E-state index contributed by atoms with van der Waals surface area (Å²) in [6.07, 6.45) is 9.89. The molecule has 2 aliphatic carbocycles. The molecular formula is C11H21N. The van der Waals surface area contributed by atoms with E-state index < -0.39 is 0 Å². The van der Waals surface area contributed by atoms with E-state index in [0.717, 1.165) is 11.3 Å². The molecule has 1 heteroatoms. The summed E-state index contributed by atoms with van der Waals surface area (Å²) in [5, 5.41) is 0. The van der Waals surface area contributed by atoms with Crippen LogP contribution in [-0.2, 0) is 0 Å². The van der Waals surface area contributed by atoms with Crippen LogP contribution in [-0.4, -0.2) is 6.04 Å². The van der Waals surface area contributed by atoms with Crippen LogP contribution in [0.15, 0.2) is 0 Å². The van der Waals surface area contributed by atoms with Gasteiger partial charge in [-0.2, -0.15) is 0 Å². The standard InChI is InChI=1S/C11H21N/c1-9-8-10(12)4-7-11(9)5-2-3-6-11/h9-10H,2-8,12H2,1H3. The van der Waals surface area contributed by atoms with E-state index in [4.69, 9.17) is 5.73 Å². The van der Waals surface area contributed by atoms with Gasteiger partial charge in [-0.1, -0.05) is 19.8 Å². The fraction of sp³-hybridized carbons (Fsp3) is 1.00. The molecule has 0 saturated heterocycles. The second kappa shape index (κ2) is 3.02. The van der Waals surface area contributed by atoms with Gasteiger partial charge in [0.15, 0.2) is 0 Å². The third-order valence-electron chi connectivity index (χ3n) is 4.31. The van der Waals surface area contributed by atoms with E-state index in [2.05, 4.69) is 6.92 Å². The van der Waals surface area contributed by atoms with Crippen LogP contribution in [0.2, 0.25) is 0 Å². The first kappa shape index (κ1) is 8.55. The van der Waals surface area contributed by atoms with Gasteiger partial charge in [-0.25, -0.2) is 0 Å². The van der Waals surface area contributed by atoms with Crippen molar-refractivity contribution in [3.8, 4) is 0 Å². The monoisotopic (exact) mass is 167 g/mol. The molecule has 2 N–H and O–H groups in total. The minimum atomic E-state index is 0.506. The van der Waals surface area contributed by atoms with Crippen molar-refractivity contribution in [2.75, 3.05) is 0 Å². The number of rotatable bonds is 0. The molecule has 0 bridgehead atoms. The van der Waals surface area contributed by atoms with Gasteiger partial charge in [0.2, 0.25) is 0 Å². The van der Waals surface area contributed by atoms with Crippen molar-refractivity contribution >= 4 is 0 Å². The molecule has 1 spiro atoms. The first-order valence-corrected chi connectivity index (χ1v) is 5.48. The van der Waals surface area contributed by atoms with E-state index in [-0.39, 0.29) is 0 Å². The van der Waals surface area contributed by atoms with Crippen LogP contribution < -0.4 is 5.73 Å². The molecule has 2 fully saturated rings. The lowest BCUT2D eigenvalue weighted by atomic mass is 9.65. The highest BCUT2D eigenvalue weighted by Gasteiger charge is 2.41. The van der Waals surface area contributed by atoms with Crippen LogP contribution in [0.1, 0.15) is 51.9 Å². The minimum Gasteiger partial charge on any atom is -0.328 e. The summed E-state index contributed by atoms with van der Waals surface area (Å²) in [7, 11) is 0. The zero-order chi connectivity index (χ0) is 8.60. The van der Waals surface area contributed by atoms with Crippen LogP contribution in [0.5, 0.6) is 0 Å². The molecule has 0 heterocycles. The van der Waals surface area contributed by atoms with Crippen molar-refractivity contribution in [3.63, 3.8) is 0 Å². The summed E-state index contributed by atoms with van der Waals surface area (Å²) in [6.45, 7) is 2.42. The molecule has 2 atom stereocenters. The lowest BCUT2D eigenvalue weighted by molar-refractivity contribution is 0.103. The number of hydrogen-bond acceptors (Lipinski definition) is 1. The Morgan fingerprint density at radius 1 is 1.17 bits per heavy atom. The van der Waals surface area contributed by atoms with Crippen molar-refractivity contribution in [3.05, 3.63) is 0 Å². The second-order valence-corrected chi connectivity index (χ2v) is 5.00. The van der Waals surface area contributed by atoms with E-state index in [9.17, 15) is 0 Å². The van der Waals surface area contributed by atoms with E-state index in [1.54, 1.807) is 0 Å². The summed E-state index contributed by atoms with van der Waals surface area (Å²) < 4.78 is 0. The van der Waals surface area contributed by atoms with Gasteiger partial charge in [-0.3, -0.25) is 0 Å². The first-order valence-electron chi connectivity index (χ1n) is 5.48. The molecule has 0 aromatic carbocycles. The predicted molar refractivity (Wildman–Crippen MR) is 51.9 cm³/mol. The van der Waals surface area contributed by atoms with Crippen molar-refractivity contribution < 1.29 is 0 Å². The van der Waals surface area contributed by atoms with Crippen LogP contribution in [0.3, 0.4) is 0 Å². The second-order valence-electron chi connectivity index (χ2n) is 5.00. The van der Waals surface area contributed by atoms with Gasteiger partial charge in [-0.15, -0.1) is 0 Å². The average molecular weight is 167 g/mol. The fourth-order valence-electron chi connectivity index (χ4n) is 3.36. The third kappa shape index (κ3) is 1.28. The van der Waals surface area contributed by atoms with Crippen molar-refractivity contribution in [1.29, 1.82) is 0 Å². The molecule has 1 nitrogen and oxygen atoms in total. The summed E-state index contributed by atoms with van der Waals surface area (Å²) in [5.74, 6) is 0.892. The Bertz CT molecular complexity index is 158. The predicted octanol–water partition coefficient (Wildman–Crippen LogP) is 2.69. The average Bonchev–Trinajstić information content (AvgIpc) is 2.48. The highest BCUT2D eigenvalue weighted by Crippen LogP contribution is 2.51. The van der Waals surface area contributed by atoms with Crippen molar-refractivity contribution in [2.45, 2.75) is 57.9 Å². The summed E-state index contributed by atoms with van der Waals surface area (Å²) in [5.41, 5.74) is 6.71. The zero-order valence-electron chi connectivity index (χ0n) is 8.18. The van der Waals surface area contributed by atoms with Gasteiger partial charge in [0.25, 0.3) is 0 Å². The molecule has 70 valence electrons. The molecule has 2 rings (SSSR count). The van der Waals surface area contributed by atoms with Gasteiger partial charge >= 0.3 is 0 Å². The molecule has 0 radical (unpaired) electrons. The zero-order valence-corrected chi connectivity index (χ0v) is 8.18. The van der Waals surface area contributed by atoms with Crippen molar-refractivity contribution in [2.24, 2.45) is 17.1 Å². The van der Waals surface area contributed by atoms with E-state index >= 15 is 0 Å². The maximum Gasteiger partial charge on any atom is 0.00417 e. The summed E-state index contributed by atoms with van der Waals surface area (Å²) >= 11 is 0. The quantitative estimate of drug-likeness (QED) is 0.590. The Morgan fingerprint density at radius 2 is 1.83 bits per heavy atom. The topological polar surface area (TPSA) is 26.0 Å². The molecule has 0 aromatic rings. The molecule has 2 aliphatic rings. The highest BCUT2D eigenvalue weighted by molar-refractivity contribution is 4.94. The molecule has 0 aliphatic heterocycles. The molecule has 2 unspecified atom stereocenters. The maximum absolute atomic E-state index is 5.98. The SMILES string of the molecule is CC1CC(N)CCC12CCCC2. The van der Waals surface area contributed by atoms with Gasteiger partial charge in [-0.05, 0) is 43.4 Å². The Hall–Kier alpha value is -0.0400. The summed E-state index contributed by atoms with van der Waals surface area (Å²) in [4.78, 5) is 0. The smallest absolute Gasteiger partial charge is 0.00417 e. The maximum atomic E-state index is 5.98. The third-order valence-corrected chi connectivity index (χ3v) is 4.31. The van der Waals surface area contributed by atoms with Crippen LogP contribution in [0.25, 0.3) is 0 Å². The summed E-state index contributed by atoms with van der Waals surface area (Å²) in [6, 6.07) is 0.506. The first-order chi connectivity index (χ1) is 5.73. The van der Waals surface area contributed by atoms with Crippen LogP contribution in [0, 0.1) is 11.3 Å². The van der Waals surface area contributed by atoms with E-state index in [1.165, 1.54) is 44.9 Å². The molecule has 12 heavy (non-hydrogen) atoms. The Morgan fingerprint density at radius 3 is 2.42 bits per heavy atom. The molecule has 0 aromatic heterocycles. The van der Waals surface area contributed by atoms with Gasteiger partial charge in [0.1, 0.15) is 0 Å². The van der Waals surface area contributed by atoms with Crippen LogP contribution >= 0.6 is 0 Å². The van der Waals surface area contributed by atoms with E-state index in [0.29, 0.717) is 6.04 Å². The number of hydrogen-bond donors (Lipinski definition) is 1. The Kier molecular flexibility index (Phi) is 2.16. The number of nitrogens with two attached hydrogens (primary N) is 1. The van der Waals surface area contributed by atoms with Gasteiger partial charge in [0.05, 0.1) is 0 Å². The van der Waals surface area contributed by atoms with E-state index in [1.807, 2.05) is 0 Å².